The molecule has 4 rings (SSSR count). The van der Waals surface area contributed by atoms with Gasteiger partial charge in [0.2, 0.25) is 5.43 Å². The fourth-order valence-corrected chi connectivity index (χ4v) is 4.68. The largest absolute Gasteiger partial charge is 0.462 e. The van der Waals surface area contributed by atoms with E-state index in [2.05, 4.69) is 17.2 Å². The van der Waals surface area contributed by atoms with E-state index < -0.39 is 46.7 Å². The topological polar surface area (TPSA) is 113 Å². The molecule has 1 fully saturated rings. The molecule has 1 atom stereocenters. The monoisotopic (exact) mass is 622 g/mol. The molecule has 0 saturated heterocycles. The van der Waals surface area contributed by atoms with Crippen molar-refractivity contribution < 1.29 is 37.4 Å². The Labute approximate surface area is 259 Å². The number of hydrogen-bond acceptors (Lipinski definition) is 7. The number of carbonyl (C=O) groups excluding carboxylic acids is 3. The first-order chi connectivity index (χ1) is 21.4. The van der Waals surface area contributed by atoms with Crippen LogP contribution >= 0.6 is 0 Å². The van der Waals surface area contributed by atoms with E-state index in [1.165, 1.54) is 6.20 Å². The molecule has 0 bridgehead atoms. The Balaban J connectivity index is 1.63. The maximum absolute atomic E-state index is 15.3. The van der Waals surface area contributed by atoms with Crippen molar-refractivity contribution in [3.05, 3.63) is 81.1 Å². The Bertz CT molecular complexity index is 1700. The molecule has 1 saturated carbocycles. The SMILES string of the molecule is CCOC(=O)c1cn(C2CC2)c2c(C#CC[C@H](CCC(=O)OC(C)(C)C)NC(=O)OCc3ccccc3)c(F)c(F)cc2c1=O. The zero-order chi connectivity index (χ0) is 32.7. The summed E-state index contributed by atoms with van der Waals surface area (Å²) < 4.78 is 47.4. The van der Waals surface area contributed by atoms with Gasteiger partial charge in [0.05, 0.1) is 23.1 Å². The number of esters is 2. The fourth-order valence-electron chi connectivity index (χ4n) is 4.68. The Kier molecular flexibility index (Phi) is 10.6. The van der Waals surface area contributed by atoms with Gasteiger partial charge in [0, 0.05) is 31.1 Å². The molecule has 9 nitrogen and oxygen atoms in total. The molecule has 0 aliphatic heterocycles. The number of nitrogens with zero attached hydrogens (tertiary/aromatic N) is 1. The number of fused-ring (bicyclic) bond motifs is 1. The lowest BCUT2D eigenvalue weighted by molar-refractivity contribution is -0.155. The number of alkyl carbamates (subject to hydrolysis) is 1. The molecule has 0 spiro atoms. The van der Waals surface area contributed by atoms with Crippen LogP contribution in [0.1, 0.15) is 87.3 Å². The maximum atomic E-state index is 15.3. The van der Waals surface area contributed by atoms with Gasteiger partial charge in [0.25, 0.3) is 0 Å². The number of hydrogen-bond donors (Lipinski definition) is 1. The zero-order valence-electron chi connectivity index (χ0n) is 25.7. The van der Waals surface area contributed by atoms with Crippen LogP contribution in [0.15, 0.2) is 47.4 Å². The van der Waals surface area contributed by atoms with E-state index in [1.54, 1.807) is 44.4 Å². The molecular formula is C34H36F2N2O7. The predicted molar refractivity (Wildman–Crippen MR) is 162 cm³/mol. The number of pyridine rings is 1. The van der Waals surface area contributed by atoms with Gasteiger partial charge in [-0.05, 0) is 58.6 Å². The second-order valence-electron chi connectivity index (χ2n) is 11.7. The van der Waals surface area contributed by atoms with Crippen molar-refractivity contribution >= 4 is 28.9 Å². The van der Waals surface area contributed by atoms with Crippen LogP contribution in [0.5, 0.6) is 0 Å². The van der Waals surface area contributed by atoms with Crippen molar-refractivity contribution in [2.24, 2.45) is 0 Å². The van der Waals surface area contributed by atoms with Gasteiger partial charge < -0.3 is 24.1 Å². The maximum Gasteiger partial charge on any atom is 0.407 e. The molecule has 1 aliphatic rings. The molecule has 1 amide bonds. The molecule has 0 unspecified atom stereocenters. The van der Waals surface area contributed by atoms with E-state index >= 15 is 4.39 Å². The second-order valence-corrected chi connectivity index (χ2v) is 11.7. The third-order valence-electron chi connectivity index (χ3n) is 6.86. The van der Waals surface area contributed by atoms with Crippen LogP contribution in [0.25, 0.3) is 10.9 Å². The van der Waals surface area contributed by atoms with Crippen molar-refractivity contribution in [2.45, 2.75) is 84.1 Å². The normalized spacial score (nSPS) is 13.4. The molecule has 45 heavy (non-hydrogen) atoms. The van der Waals surface area contributed by atoms with Crippen LogP contribution in [0.2, 0.25) is 0 Å². The Morgan fingerprint density at radius 3 is 2.47 bits per heavy atom. The molecule has 1 aliphatic carbocycles. The van der Waals surface area contributed by atoms with Gasteiger partial charge in [-0.2, -0.15) is 0 Å². The Morgan fingerprint density at radius 1 is 1.11 bits per heavy atom. The number of halogens is 2. The average Bonchev–Trinajstić information content (AvgIpc) is 3.82. The summed E-state index contributed by atoms with van der Waals surface area (Å²) in [6.07, 6.45) is 2.03. The zero-order valence-corrected chi connectivity index (χ0v) is 25.7. The quantitative estimate of drug-likeness (QED) is 0.169. The molecule has 1 heterocycles. The lowest BCUT2D eigenvalue weighted by Gasteiger charge is -2.21. The molecule has 3 aromatic rings. The lowest BCUT2D eigenvalue weighted by Crippen LogP contribution is -2.36. The van der Waals surface area contributed by atoms with E-state index in [0.717, 1.165) is 11.6 Å². The summed E-state index contributed by atoms with van der Waals surface area (Å²) in [5.74, 6) is 1.58. The third-order valence-corrected chi connectivity index (χ3v) is 6.86. The molecule has 0 radical (unpaired) electrons. The van der Waals surface area contributed by atoms with E-state index in [-0.39, 0.29) is 60.5 Å². The molecule has 1 N–H and O–H groups in total. The number of benzene rings is 2. The minimum absolute atomic E-state index is 0.0180. The average molecular weight is 623 g/mol. The van der Waals surface area contributed by atoms with Gasteiger partial charge in [-0.1, -0.05) is 42.2 Å². The van der Waals surface area contributed by atoms with E-state index in [9.17, 15) is 23.6 Å². The summed E-state index contributed by atoms with van der Waals surface area (Å²) in [6.45, 7) is 6.87. The van der Waals surface area contributed by atoms with Crippen molar-refractivity contribution in [2.75, 3.05) is 6.61 Å². The predicted octanol–water partition coefficient (Wildman–Crippen LogP) is 5.95. The summed E-state index contributed by atoms with van der Waals surface area (Å²) in [5, 5.41) is 2.49. The van der Waals surface area contributed by atoms with Gasteiger partial charge in [0.1, 0.15) is 17.8 Å². The van der Waals surface area contributed by atoms with Crippen molar-refractivity contribution in [1.29, 1.82) is 0 Å². The highest BCUT2D eigenvalue weighted by atomic mass is 19.2. The number of amides is 1. The van der Waals surface area contributed by atoms with Crippen molar-refractivity contribution in [3.63, 3.8) is 0 Å². The van der Waals surface area contributed by atoms with Crippen molar-refractivity contribution in [1.82, 2.24) is 9.88 Å². The highest BCUT2D eigenvalue weighted by Gasteiger charge is 2.30. The summed E-state index contributed by atoms with van der Waals surface area (Å²) in [5.41, 5.74) is -1.26. The molecule has 11 heteroatoms. The summed E-state index contributed by atoms with van der Waals surface area (Å²) in [7, 11) is 0. The molecule has 238 valence electrons. The van der Waals surface area contributed by atoms with Gasteiger partial charge in [0.15, 0.2) is 11.6 Å². The molecular weight excluding hydrogens is 586 g/mol. The van der Waals surface area contributed by atoms with Gasteiger partial charge in [-0.25, -0.2) is 18.4 Å². The van der Waals surface area contributed by atoms with Gasteiger partial charge in [-0.15, -0.1) is 0 Å². The summed E-state index contributed by atoms with van der Waals surface area (Å²) >= 11 is 0. The van der Waals surface area contributed by atoms with Crippen LogP contribution in [0, 0.1) is 23.5 Å². The van der Waals surface area contributed by atoms with Crippen LogP contribution in [0.3, 0.4) is 0 Å². The van der Waals surface area contributed by atoms with E-state index in [0.29, 0.717) is 12.8 Å². The first-order valence-corrected chi connectivity index (χ1v) is 14.8. The van der Waals surface area contributed by atoms with Crippen LogP contribution in [-0.2, 0) is 25.6 Å². The van der Waals surface area contributed by atoms with Gasteiger partial charge in [-0.3, -0.25) is 9.59 Å². The first kappa shape index (κ1) is 33.2. The number of ether oxygens (including phenoxy) is 3. The lowest BCUT2D eigenvalue weighted by atomic mass is 10.0. The highest BCUT2D eigenvalue weighted by Crippen LogP contribution is 2.38. The Hall–Kier alpha value is -4.72. The number of aromatic nitrogens is 1. The minimum atomic E-state index is -1.30. The highest BCUT2D eigenvalue weighted by molar-refractivity contribution is 5.95. The van der Waals surface area contributed by atoms with Crippen LogP contribution in [-0.4, -0.2) is 40.8 Å². The van der Waals surface area contributed by atoms with Gasteiger partial charge >= 0.3 is 18.0 Å². The molecule has 1 aromatic heterocycles. The third kappa shape index (κ3) is 8.91. The number of rotatable bonds is 10. The summed E-state index contributed by atoms with van der Waals surface area (Å²) in [4.78, 5) is 50.7. The fraction of sp³-hybridized carbons (Fsp3) is 0.412. The first-order valence-electron chi connectivity index (χ1n) is 14.8. The number of nitrogens with one attached hydrogen (secondary N) is 1. The van der Waals surface area contributed by atoms with Crippen LogP contribution < -0.4 is 10.7 Å². The van der Waals surface area contributed by atoms with E-state index in [4.69, 9.17) is 14.2 Å². The van der Waals surface area contributed by atoms with Crippen LogP contribution in [0.4, 0.5) is 13.6 Å². The minimum Gasteiger partial charge on any atom is -0.462 e. The Morgan fingerprint density at radius 2 is 1.82 bits per heavy atom. The standard InChI is InChI=1S/C34H36F2N2O7/c1-5-43-32(41)26-19-38(23-15-16-23)30-24(29(36)27(35)18-25(30)31(26)40)13-9-12-22(14-17-28(39)45-34(2,3)4)37-33(42)44-20-21-10-7-6-8-11-21/h6-8,10-11,18-19,22-23H,5,12,14-17,20H2,1-4H3,(H,37,42)/t22-/m1/s1. The second kappa shape index (κ2) is 14.4. The van der Waals surface area contributed by atoms with Crippen molar-refractivity contribution in [3.8, 4) is 11.8 Å². The smallest absolute Gasteiger partial charge is 0.407 e. The summed E-state index contributed by atoms with van der Waals surface area (Å²) in [6, 6.07) is 8.99. The van der Waals surface area contributed by atoms with E-state index in [1.807, 2.05) is 18.2 Å². The number of carbonyl (C=O) groups is 3. The molecule has 2 aromatic carbocycles.